The van der Waals surface area contributed by atoms with E-state index in [0.717, 1.165) is 0 Å². The first-order valence-electron chi connectivity index (χ1n) is 4.71. The minimum Gasteiger partial charge on any atom is -0.481 e. The molecular formula is C8H14N4O3. The standard InChI is InChI=1S/C8H14N4O3/c1-3-15-5-7-9-10-11-12(7)6(2)4-8(13)14/h6H,3-5H2,1-2H3,(H,13,14). The lowest BCUT2D eigenvalue weighted by molar-refractivity contribution is -0.137. The summed E-state index contributed by atoms with van der Waals surface area (Å²) in [4.78, 5) is 10.5. The molecule has 1 N–H and O–H groups in total. The molecule has 7 nitrogen and oxygen atoms in total. The SMILES string of the molecule is CCOCc1nnnn1C(C)CC(=O)O. The molecule has 0 saturated heterocycles. The van der Waals surface area contributed by atoms with Crippen molar-refractivity contribution in [1.29, 1.82) is 0 Å². The molecular weight excluding hydrogens is 200 g/mol. The van der Waals surface area contributed by atoms with E-state index in [0.29, 0.717) is 19.0 Å². The van der Waals surface area contributed by atoms with E-state index in [1.807, 2.05) is 6.92 Å². The molecule has 0 fully saturated rings. The molecule has 15 heavy (non-hydrogen) atoms. The van der Waals surface area contributed by atoms with Crippen LogP contribution in [0.1, 0.15) is 32.1 Å². The van der Waals surface area contributed by atoms with E-state index in [9.17, 15) is 4.79 Å². The van der Waals surface area contributed by atoms with Gasteiger partial charge >= 0.3 is 5.97 Å². The summed E-state index contributed by atoms with van der Waals surface area (Å²) >= 11 is 0. The Labute approximate surface area is 87.0 Å². The second kappa shape index (κ2) is 5.40. The van der Waals surface area contributed by atoms with Crippen LogP contribution in [0.4, 0.5) is 0 Å². The van der Waals surface area contributed by atoms with E-state index in [1.54, 1.807) is 6.92 Å². The molecule has 0 bridgehead atoms. The van der Waals surface area contributed by atoms with Gasteiger partial charge in [0.15, 0.2) is 5.82 Å². The van der Waals surface area contributed by atoms with Crippen molar-refractivity contribution in [2.75, 3.05) is 6.61 Å². The summed E-state index contributed by atoms with van der Waals surface area (Å²) in [6.45, 7) is 4.49. The van der Waals surface area contributed by atoms with E-state index in [2.05, 4.69) is 15.5 Å². The summed E-state index contributed by atoms with van der Waals surface area (Å²) in [5.74, 6) is -0.328. The molecule has 0 aromatic carbocycles. The highest BCUT2D eigenvalue weighted by molar-refractivity contribution is 5.67. The quantitative estimate of drug-likeness (QED) is 0.729. The maximum absolute atomic E-state index is 10.5. The zero-order chi connectivity index (χ0) is 11.3. The summed E-state index contributed by atoms with van der Waals surface area (Å²) in [6, 6.07) is -0.270. The highest BCUT2D eigenvalue weighted by atomic mass is 16.5. The number of aromatic nitrogens is 4. The summed E-state index contributed by atoms with van der Waals surface area (Å²) in [6.07, 6.45) is -0.00976. The highest BCUT2D eigenvalue weighted by Gasteiger charge is 2.15. The molecule has 0 saturated carbocycles. The number of carboxylic acids is 1. The maximum Gasteiger partial charge on any atom is 0.305 e. The molecule has 0 aliphatic carbocycles. The lowest BCUT2D eigenvalue weighted by Crippen LogP contribution is -2.15. The van der Waals surface area contributed by atoms with Gasteiger partial charge in [-0.3, -0.25) is 4.79 Å². The zero-order valence-corrected chi connectivity index (χ0v) is 8.75. The molecule has 1 atom stereocenters. The smallest absolute Gasteiger partial charge is 0.305 e. The van der Waals surface area contributed by atoms with Crippen LogP contribution < -0.4 is 0 Å². The number of rotatable bonds is 6. The molecule has 7 heteroatoms. The van der Waals surface area contributed by atoms with Gasteiger partial charge in [0.05, 0.1) is 12.5 Å². The summed E-state index contributed by atoms with van der Waals surface area (Å²) in [5.41, 5.74) is 0. The number of ether oxygens (including phenoxy) is 1. The lowest BCUT2D eigenvalue weighted by atomic mass is 10.2. The highest BCUT2D eigenvalue weighted by Crippen LogP contribution is 2.10. The van der Waals surface area contributed by atoms with Crippen LogP contribution in [0.5, 0.6) is 0 Å². The number of hydrogen-bond donors (Lipinski definition) is 1. The number of nitrogens with zero attached hydrogens (tertiary/aromatic N) is 4. The molecule has 1 unspecified atom stereocenters. The molecule has 0 aliphatic heterocycles. The third kappa shape index (κ3) is 3.28. The third-order valence-electron chi connectivity index (χ3n) is 1.88. The van der Waals surface area contributed by atoms with Gasteiger partial charge in [-0.25, -0.2) is 4.68 Å². The number of carboxylic acid groups (broad SMARTS) is 1. The zero-order valence-electron chi connectivity index (χ0n) is 8.75. The molecule has 0 amide bonds. The first-order valence-corrected chi connectivity index (χ1v) is 4.71. The van der Waals surface area contributed by atoms with Crippen molar-refractivity contribution in [1.82, 2.24) is 20.2 Å². The van der Waals surface area contributed by atoms with Crippen molar-refractivity contribution in [2.45, 2.75) is 32.9 Å². The van der Waals surface area contributed by atoms with Crippen molar-refractivity contribution >= 4 is 5.97 Å². The first kappa shape index (κ1) is 11.6. The minimum atomic E-state index is -0.875. The van der Waals surface area contributed by atoms with Crippen LogP contribution in [0, 0.1) is 0 Å². The fraction of sp³-hybridized carbons (Fsp3) is 0.750. The molecule has 1 rings (SSSR count). The Hall–Kier alpha value is -1.50. The van der Waals surface area contributed by atoms with Gasteiger partial charge in [-0.05, 0) is 24.3 Å². The average molecular weight is 214 g/mol. The van der Waals surface area contributed by atoms with Crippen molar-refractivity contribution < 1.29 is 14.6 Å². The third-order valence-corrected chi connectivity index (χ3v) is 1.88. The topological polar surface area (TPSA) is 90.1 Å². The molecule has 84 valence electrons. The van der Waals surface area contributed by atoms with E-state index >= 15 is 0 Å². The van der Waals surface area contributed by atoms with Crippen LogP contribution in [-0.2, 0) is 16.1 Å². The van der Waals surface area contributed by atoms with Gasteiger partial charge in [0, 0.05) is 6.61 Å². The minimum absolute atomic E-state index is 0.00976. The van der Waals surface area contributed by atoms with Gasteiger partial charge in [0.1, 0.15) is 6.61 Å². The van der Waals surface area contributed by atoms with Crippen molar-refractivity contribution in [3.05, 3.63) is 5.82 Å². The maximum atomic E-state index is 10.5. The molecule has 0 aliphatic rings. The largest absolute Gasteiger partial charge is 0.481 e. The number of hydrogen-bond acceptors (Lipinski definition) is 5. The molecule has 0 spiro atoms. The Morgan fingerprint density at radius 1 is 1.67 bits per heavy atom. The molecule has 1 aromatic rings. The van der Waals surface area contributed by atoms with Crippen LogP contribution in [0.15, 0.2) is 0 Å². The van der Waals surface area contributed by atoms with E-state index in [4.69, 9.17) is 9.84 Å². The summed E-state index contributed by atoms with van der Waals surface area (Å²) < 4.78 is 6.64. The number of carbonyl (C=O) groups is 1. The second-order valence-corrected chi connectivity index (χ2v) is 3.12. The Morgan fingerprint density at radius 3 is 3.00 bits per heavy atom. The Morgan fingerprint density at radius 2 is 2.40 bits per heavy atom. The molecule has 1 aromatic heterocycles. The van der Waals surface area contributed by atoms with E-state index < -0.39 is 5.97 Å². The Kier molecular flexibility index (Phi) is 4.17. The monoisotopic (exact) mass is 214 g/mol. The van der Waals surface area contributed by atoms with Gasteiger partial charge in [-0.2, -0.15) is 0 Å². The lowest BCUT2D eigenvalue weighted by Gasteiger charge is -2.10. The Bertz CT molecular complexity index is 325. The second-order valence-electron chi connectivity index (χ2n) is 3.12. The van der Waals surface area contributed by atoms with Crippen LogP contribution in [0.25, 0.3) is 0 Å². The van der Waals surface area contributed by atoms with Crippen LogP contribution in [-0.4, -0.2) is 37.9 Å². The van der Waals surface area contributed by atoms with Crippen LogP contribution in [0.2, 0.25) is 0 Å². The molecule has 1 heterocycles. The average Bonchev–Trinajstić information content (AvgIpc) is 2.61. The normalized spacial score (nSPS) is 12.7. The number of tetrazole rings is 1. The Balaban J connectivity index is 2.66. The van der Waals surface area contributed by atoms with Crippen LogP contribution >= 0.6 is 0 Å². The fourth-order valence-electron chi connectivity index (χ4n) is 1.18. The first-order chi connectivity index (χ1) is 7.15. The van der Waals surface area contributed by atoms with Gasteiger partial charge in [-0.15, -0.1) is 5.10 Å². The van der Waals surface area contributed by atoms with Gasteiger partial charge in [0.2, 0.25) is 0 Å². The number of aliphatic carboxylic acids is 1. The van der Waals surface area contributed by atoms with Crippen molar-refractivity contribution in [2.24, 2.45) is 0 Å². The summed E-state index contributed by atoms with van der Waals surface area (Å²) in [7, 11) is 0. The van der Waals surface area contributed by atoms with E-state index in [-0.39, 0.29) is 12.5 Å². The van der Waals surface area contributed by atoms with E-state index in [1.165, 1.54) is 4.68 Å². The predicted octanol–water partition coefficient (Wildman–Crippen LogP) is 0.245. The fourth-order valence-corrected chi connectivity index (χ4v) is 1.18. The van der Waals surface area contributed by atoms with Crippen molar-refractivity contribution in [3.63, 3.8) is 0 Å². The summed E-state index contributed by atoms with van der Waals surface area (Å²) in [5, 5.41) is 19.6. The molecule has 0 radical (unpaired) electrons. The van der Waals surface area contributed by atoms with Gasteiger partial charge in [0.25, 0.3) is 0 Å². The predicted molar refractivity (Wildman–Crippen MR) is 50.1 cm³/mol. The van der Waals surface area contributed by atoms with Gasteiger partial charge < -0.3 is 9.84 Å². The van der Waals surface area contributed by atoms with Crippen molar-refractivity contribution in [3.8, 4) is 0 Å². The van der Waals surface area contributed by atoms with Gasteiger partial charge in [-0.1, -0.05) is 0 Å². The van der Waals surface area contributed by atoms with Crippen LogP contribution in [0.3, 0.4) is 0 Å².